The van der Waals surface area contributed by atoms with Crippen LogP contribution in [0.1, 0.15) is 18.9 Å². The number of carbonyl (C=O) groups is 1. The summed E-state index contributed by atoms with van der Waals surface area (Å²) in [5, 5.41) is 6.19. The Morgan fingerprint density at radius 2 is 2.07 bits per heavy atom. The molecule has 1 atom stereocenters. The highest BCUT2D eigenvalue weighted by Gasteiger charge is 2.27. The average molecular weight is 383 g/mol. The SMILES string of the molecule is C=CC(=O)N1CCCC(n2nc(-c3ccc(Cl)cc3)c3c(N)ncnc32)C1. The summed E-state index contributed by atoms with van der Waals surface area (Å²) in [6.45, 7) is 4.87. The van der Waals surface area contributed by atoms with Crippen LogP contribution in [-0.4, -0.2) is 43.6 Å². The number of hydrogen-bond acceptors (Lipinski definition) is 5. The number of hydrogen-bond donors (Lipinski definition) is 1. The standard InChI is InChI=1S/C19H19ClN6O/c1-2-15(27)25-9-3-4-14(10-25)26-19-16(18(21)22-11-23-19)17(24-26)12-5-7-13(20)8-6-12/h2,5-8,11,14H,1,3-4,9-10H2,(H2,21,22,23). The third-order valence-corrected chi connectivity index (χ3v) is 5.12. The summed E-state index contributed by atoms with van der Waals surface area (Å²) in [5.74, 6) is 0.314. The first kappa shape index (κ1) is 17.5. The third-order valence-electron chi connectivity index (χ3n) is 4.86. The predicted octanol–water partition coefficient (Wildman–Crippen LogP) is 3.08. The van der Waals surface area contributed by atoms with Crippen LogP contribution in [0.5, 0.6) is 0 Å². The zero-order valence-electron chi connectivity index (χ0n) is 14.7. The summed E-state index contributed by atoms with van der Waals surface area (Å²) < 4.78 is 1.87. The van der Waals surface area contributed by atoms with Gasteiger partial charge in [0.05, 0.1) is 11.4 Å². The van der Waals surface area contributed by atoms with Crippen molar-refractivity contribution in [2.24, 2.45) is 0 Å². The molecule has 0 radical (unpaired) electrons. The van der Waals surface area contributed by atoms with Crippen LogP contribution in [0.3, 0.4) is 0 Å². The van der Waals surface area contributed by atoms with E-state index in [-0.39, 0.29) is 11.9 Å². The lowest BCUT2D eigenvalue weighted by molar-refractivity contribution is -0.127. The largest absolute Gasteiger partial charge is 0.383 e. The van der Waals surface area contributed by atoms with Gasteiger partial charge in [-0.3, -0.25) is 4.79 Å². The van der Waals surface area contributed by atoms with E-state index in [0.717, 1.165) is 24.9 Å². The number of likely N-dealkylation sites (tertiary alicyclic amines) is 1. The fourth-order valence-electron chi connectivity index (χ4n) is 3.54. The van der Waals surface area contributed by atoms with Gasteiger partial charge in [-0.2, -0.15) is 5.10 Å². The Balaban J connectivity index is 1.82. The number of anilines is 1. The Hall–Kier alpha value is -2.93. The smallest absolute Gasteiger partial charge is 0.246 e. The summed E-state index contributed by atoms with van der Waals surface area (Å²) >= 11 is 6.01. The molecule has 3 heterocycles. The molecule has 0 spiro atoms. The molecular weight excluding hydrogens is 364 g/mol. The lowest BCUT2D eigenvalue weighted by Gasteiger charge is -2.32. The first-order chi connectivity index (χ1) is 13.1. The molecular formula is C19H19ClN6O. The molecule has 1 saturated heterocycles. The molecule has 3 aromatic rings. The maximum Gasteiger partial charge on any atom is 0.246 e. The molecule has 1 aromatic carbocycles. The minimum atomic E-state index is -0.0665. The van der Waals surface area contributed by atoms with Gasteiger partial charge in [-0.15, -0.1) is 0 Å². The Morgan fingerprint density at radius 3 is 2.81 bits per heavy atom. The number of carbonyl (C=O) groups excluding carboxylic acids is 1. The average Bonchev–Trinajstić information content (AvgIpc) is 3.09. The van der Waals surface area contributed by atoms with E-state index in [1.165, 1.54) is 12.4 Å². The van der Waals surface area contributed by atoms with E-state index in [4.69, 9.17) is 22.4 Å². The highest BCUT2D eigenvalue weighted by atomic mass is 35.5. The van der Waals surface area contributed by atoms with Crippen molar-refractivity contribution in [2.75, 3.05) is 18.8 Å². The van der Waals surface area contributed by atoms with Gasteiger partial charge in [-0.25, -0.2) is 14.6 Å². The fraction of sp³-hybridized carbons (Fsp3) is 0.263. The molecule has 0 saturated carbocycles. The van der Waals surface area contributed by atoms with Crippen LogP contribution < -0.4 is 5.73 Å². The first-order valence-corrected chi connectivity index (χ1v) is 9.12. The fourth-order valence-corrected chi connectivity index (χ4v) is 3.67. The summed E-state index contributed by atoms with van der Waals surface area (Å²) in [5.41, 5.74) is 8.43. The number of nitrogens with two attached hydrogens (primary N) is 1. The second-order valence-corrected chi connectivity index (χ2v) is 6.98. The molecule has 2 N–H and O–H groups in total. The summed E-state index contributed by atoms with van der Waals surface area (Å²) in [7, 11) is 0. The lowest BCUT2D eigenvalue weighted by atomic mass is 10.1. The predicted molar refractivity (Wildman–Crippen MR) is 105 cm³/mol. The van der Waals surface area contributed by atoms with Crippen LogP contribution in [0.2, 0.25) is 5.02 Å². The van der Waals surface area contributed by atoms with Crippen LogP contribution in [0.4, 0.5) is 5.82 Å². The van der Waals surface area contributed by atoms with Crippen molar-refractivity contribution in [1.29, 1.82) is 0 Å². The number of piperidine rings is 1. The van der Waals surface area contributed by atoms with Crippen molar-refractivity contribution < 1.29 is 4.79 Å². The molecule has 1 amide bonds. The van der Waals surface area contributed by atoms with Crippen LogP contribution in [0, 0.1) is 0 Å². The molecule has 1 aliphatic heterocycles. The number of nitrogen functional groups attached to an aromatic ring is 1. The molecule has 7 nitrogen and oxygen atoms in total. The normalized spacial score (nSPS) is 17.2. The van der Waals surface area contributed by atoms with Gasteiger partial charge in [0.25, 0.3) is 0 Å². The van der Waals surface area contributed by atoms with Gasteiger partial charge in [0.15, 0.2) is 5.65 Å². The molecule has 1 aliphatic rings. The maximum atomic E-state index is 12.0. The molecule has 27 heavy (non-hydrogen) atoms. The van der Waals surface area contributed by atoms with Crippen LogP contribution in [0.25, 0.3) is 22.3 Å². The van der Waals surface area contributed by atoms with Gasteiger partial charge in [0.2, 0.25) is 5.91 Å². The quantitative estimate of drug-likeness (QED) is 0.703. The van der Waals surface area contributed by atoms with Crippen molar-refractivity contribution in [3.05, 3.63) is 48.3 Å². The molecule has 4 rings (SSSR count). The highest BCUT2D eigenvalue weighted by molar-refractivity contribution is 6.30. The molecule has 1 unspecified atom stereocenters. The van der Waals surface area contributed by atoms with Gasteiger partial charge in [0.1, 0.15) is 17.8 Å². The van der Waals surface area contributed by atoms with E-state index in [2.05, 4.69) is 16.5 Å². The van der Waals surface area contributed by atoms with E-state index in [9.17, 15) is 4.79 Å². The van der Waals surface area contributed by atoms with Crippen molar-refractivity contribution >= 4 is 34.4 Å². The summed E-state index contributed by atoms with van der Waals surface area (Å²) in [6.07, 6.45) is 4.59. The molecule has 0 aliphatic carbocycles. The number of rotatable bonds is 3. The van der Waals surface area contributed by atoms with E-state index >= 15 is 0 Å². The number of nitrogens with zero attached hydrogens (tertiary/aromatic N) is 5. The zero-order chi connectivity index (χ0) is 19.0. The minimum Gasteiger partial charge on any atom is -0.383 e. The number of benzene rings is 1. The number of amides is 1. The second kappa shape index (κ2) is 7.00. The van der Waals surface area contributed by atoms with Crippen molar-refractivity contribution in [1.82, 2.24) is 24.6 Å². The molecule has 1 fully saturated rings. The number of fused-ring (bicyclic) bond motifs is 1. The van der Waals surface area contributed by atoms with Crippen molar-refractivity contribution in [3.63, 3.8) is 0 Å². The van der Waals surface area contributed by atoms with Crippen LogP contribution in [0.15, 0.2) is 43.2 Å². The Kier molecular flexibility index (Phi) is 4.53. The van der Waals surface area contributed by atoms with Crippen LogP contribution >= 0.6 is 11.6 Å². The van der Waals surface area contributed by atoms with Crippen molar-refractivity contribution in [3.8, 4) is 11.3 Å². The van der Waals surface area contributed by atoms with Gasteiger partial charge in [0, 0.05) is 23.7 Å². The monoisotopic (exact) mass is 382 g/mol. The number of aromatic nitrogens is 4. The van der Waals surface area contributed by atoms with E-state index in [1.807, 2.05) is 28.9 Å². The molecule has 138 valence electrons. The van der Waals surface area contributed by atoms with E-state index in [1.54, 1.807) is 4.90 Å². The van der Waals surface area contributed by atoms with Gasteiger partial charge >= 0.3 is 0 Å². The van der Waals surface area contributed by atoms with Gasteiger partial charge in [-0.05, 0) is 31.1 Å². The molecule has 0 bridgehead atoms. The Labute approximate surface area is 161 Å². The first-order valence-electron chi connectivity index (χ1n) is 8.74. The van der Waals surface area contributed by atoms with Gasteiger partial charge < -0.3 is 10.6 Å². The highest BCUT2D eigenvalue weighted by Crippen LogP contribution is 2.34. The van der Waals surface area contributed by atoms with E-state index in [0.29, 0.717) is 34.1 Å². The minimum absolute atomic E-state index is 0.0144. The molecule has 2 aromatic heterocycles. The van der Waals surface area contributed by atoms with E-state index < -0.39 is 0 Å². The second-order valence-electron chi connectivity index (χ2n) is 6.54. The third kappa shape index (κ3) is 3.14. The number of halogens is 1. The summed E-state index contributed by atoms with van der Waals surface area (Å²) in [4.78, 5) is 22.4. The lowest BCUT2D eigenvalue weighted by Crippen LogP contribution is -2.40. The summed E-state index contributed by atoms with van der Waals surface area (Å²) in [6, 6.07) is 7.44. The van der Waals surface area contributed by atoms with Crippen molar-refractivity contribution in [2.45, 2.75) is 18.9 Å². The maximum absolute atomic E-state index is 12.0. The Bertz CT molecular complexity index is 1010. The van der Waals surface area contributed by atoms with Gasteiger partial charge in [-0.1, -0.05) is 30.3 Å². The van der Waals surface area contributed by atoms with Crippen LogP contribution in [-0.2, 0) is 4.79 Å². The molecule has 8 heteroatoms. The Morgan fingerprint density at radius 1 is 1.30 bits per heavy atom. The topological polar surface area (TPSA) is 89.9 Å². The zero-order valence-corrected chi connectivity index (χ0v) is 15.4.